The average molecular weight is 391 g/mol. The average Bonchev–Trinajstić information content (AvgIpc) is 2.33. The topological polar surface area (TPSA) is 50.9 Å². The van der Waals surface area contributed by atoms with Crippen molar-refractivity contribution < 1.29 is 0 Å². The third-order valence-corrected chi connectivity index (χ3v) is 3.76. The maximum absolute atomic E-state index is 5.99. The van der Waals surface area contributed by atoms with Crippen molar-refractivity contribution >= 4 is 43.5 Å². The Morgan fingerprint density at radius 3 is 2.67 bits per heavy atom. The van der Waals surface area contributed by atoms with E-state index in [4.69, 9.17) is 17.4 Å². The summed E-state index contributed by atoms with van der Waals surface area (Å²) in [5.41, 5.74) is 4.52. The Morgan fingerprint density at radius 1 is 1.28 bits per heavy atom. The Balaban J connectivity index is 2.45. The minimum atomic E-state index is -0.217. The van der Waals surface area contributed by atoms with Gasteiger partial charge < -0.3 is 0 Å². The molecule has 3 N–H and O–H groups in total. The lowest BCUT2D eigenvalue weighted by Crippen LogP contribution is -2.29. The van der Waals surface area contributed by atoms with Crippen LogP contribution in [-0.2, 0) is 0 Å². The molecule has 0 saturated carbocycles. The molecule has 0 aliphatic rings. The number of hydrogen-bond acceptors (Lipinski definition) is 3. The standard InChI is InChI=1S/C12H10Br2ClN3/c13-8-5-10(14)12(17-6-8)11(18-16)7-2-1-3-9(15)4-7/h1-6,11,18H,16H2. The second-order valence-electron chi connectivity index (χ2n) is 3.68. The number of hydrogen-bond donors (Lipinski definition) is 2. The van der Waals surface area contributed by atoms with Gasteiger partial charge in [0, 0.05) is 20.2 Å². The number of halogens is 3. The van der Waals surface area contributed by atoms with E-state index in [9.17, 15) is 0 Å². The van der Waals surface area contributed by atoms with Gasteiger partial charge >= 0.3 is 0 Å². The maximum atomic E-state index is 5.99. The quantitative estimate of drug-likeness (QED) is 0.618. The first-order valence-corrected chi connectivity index (χ1v) is 7.10. The van der Waals surface area contributed by atoms with E-state index in [0.29, 0.717) is 5.02 Å². The molecular weight excluding hydrogens is 381 g/mol. The minimum absolute atomic E-state index is 0.217. The van der Waals surface area contributed by atoms with Gasteiger partial charge in [-0.05, 0) is 55.6 Å². The summed E-state index contributed by atoms with van der Waals surface area (Å²) in [6.07, 6.45) is 1.73. The van der Waals surface area contributed by atoms with Crippen molar-refractivity contribution in [2.45, 2.75) is 6.04 Å². The van der Waals surface area contributed by atoms with Crippen molar-refractivity contribution in [2.24, 2.45) is 5.84 Å². The van der Waals surface area contributed by atoms with Gasteiger partial charge in [-0.1, -0.05) is 23.7 Å². The SMILES string of the molecule is NNC(c1cccc(Cl)c1)c1ncc(Br)cc1Br. The zero-order chi connectivity index (χ0) is 13.1. The van der Waals surface area contributed by atoms with Gasteiger partial charge in [0.05, 0.1) is 11.7 Å². The van der Waals surface area contributed by atoms with Crippen LogP contribution in [0.2, 0.25) is 5.02 Å². The number of hydrazine groups is 1. The molecule has 2 rings (SSSR count). The molecular formula is C12H10Br2ClN3. The molecule has 1 aromatic heterocycles. The minimum Gasteiger partial charge on any atom is -0.271 e. The Labute approximate surface area is 127 Å². The lowest BCUT2D eigenvalue weighted by Gasteiger charge is -2.17. The number of nitrogens with two attached hydrogens (primary N) is 1. The molecule has 0 fully saturated rings. The number of rotatable bonds is 3. The van der Waals surface area contributed by atoms with Gasteiger partial charge in [-0.15, -0.1) is 0 Å². The van der Waals surface area contributed by atoms with Crippen molar-refractivity contribution in [3.05, 3.63) is 61.8 Å². The summed E-state index contributed by atoms with van der Waals surface area (Å²) in [5.74, 6) is 5.63. The predicted molar refractivity (Wildman–Crippen MR) is 80.3 cm³/mol. The van der Waals surface area contributed by atoms with E-state index in [-0.39, 0.29) is 6.04 Å². The zero-order valence-corrected chi connectivity index (χ0v) is 13.1. The third-order valence-electron chi connectivity index (χ3n) is 2.46. The number of nitrogens with one attached hydrogen (secondary N) is 1. The van der Waals surface area contributed by atoms with E-state index in [1.807, 2.05) is 30.3 Å². The van der Waals surface area contributed by atoms with Crippen LogP contribution in [0.4, 0.5) is 0 Å². The Morgan fingerprint density at radius 2 is 2.06 bits per heavy atom. The molecule has 0 spiro atoms. The molecule has 0 aliphatic carbocycles. The normalized spacial score (nSPS) is 12.4. The fraction of sp³-hybridized carbons (Fsp3) is 0.0833. The van der Waals surface area contributed by atoms with Gasteiger partial charge in [-0.25, -0.2) is 5.43 Å². The molecule has 0 aliphatic heterocycles. The van der Waals surface area contributed by atoms with Gasteiger partial charge in [0.25, 0.3) is 0 Å². The van der Waals surface area contributed by atoms with E-state index in [1.54, 1.807) is 6.20 Å². The second-order valence-corrected chi connectivity index (χ2v) is 5.88. The molecule has 94 valence electrons. The number of pyridine rings is 1. The van der Waals surface area contributed by atoms with Crippen LogP contribution in [0.5, 0.6) is 0 Å². The van der Waals surface area contributed by atoms with Crippen molar-refractivity contribution in [1.82, 2.24) is 10.4 Å². The first kappa shape index (κ1) is 14.0. The Hall–Kier alpha value is -0.460. The first-order valence-electron chi connectivity index (χ1n) is 5.14. The first-order chi connectivity index (χ1) is 8.61. The number of benzene rings is 1. The van der Waals surface area contributed by atoms with E-state index in [0.717, 1.165) is 20.2 Å². The Kier molecular flexibility index (Phi) is 4.75. The molecule has 0 saturated heterocycles. The molecule has 1 heterocycles. The van der Waals surface area contributed by atoms with Crippen LogP contribution in [0.1, 0.15) is 17.3 Å². The maximum Gasteiger partial charge on any atom is 0.0893 e. The van der Waals surface area contributed by atoms with Gasteiger partial charge in [-0.3, -0.25) is 10.8 Å². The van der Waals surface area contributed by atoms with Crippen LogP contribution < -0.4 is 11.3 Å². The summed E-state index contributed by atoms with van der Waals surface area (Å²) in [6, 6.07) is 9.23. The largest absolute Gasteiger partial charge is 0.271 e. The van der Waals surface area contributed by atoms with E-state index >= 15 is 0 Å². The zero-order valence-electron chi connectivity index (χ0n) is 9.20. The summed E-state index contributed by atoms with van der Waals surface area (Å²) in [5, 5.41) is 0.668. The van der Waals surface area contributed by atoms with Gasteiger partial charge in [-0.2, -0.15) is 0 Å². The molecule has 1 aromatic carbocycles. The summed E-state index contributed by atoms with van der Waals surface area (Å²) < 4.78 is 1.78. The van der Waals surface area contributed by atoms with Crippen LogP contribution in [0, 0.1) is 0 Å². The monoisotopic (exact) mass is 389 g/mol. The predicted octanol–water partition coefficient (Wildman–Crippen LogP) is 3.81. The number of nitrogens with zero attached hydrogens (tertiary/aromatic N) is 1. The molecule has 0 radical (unpaired) electrons. The Bertz CT molecular complexity index is 563. The van der Waals surface area contributed by atoms with Gasteiger partial charge in [0.2, 0.25) is 0 Å². The highest BCUT2D eigenvalue weighted by atomic mass is 79.9. The third kappa shape index (κ3) is 3.10. The summed E-state index contributed by atoms with van der Waals surface area (Å²) in [6.45, 7) is 0. The van der Waals surface area contributed by atoms with Gasteiger partial charge in [0.1, 0.15) is 0 Å². The van der Waals surface area contributed by atoms with Crippen LogP contribution in [0.15, 0.2) is 45.5 Å². The molecule has 1 unspecified atom stereocenters. The van der Waals surface area contributed by atoms with Crippen molar-refractivity contribution in [3.63, 3.8) is 0 Å². The highest BCUT2D eigenvalue weighted by molar-refractivity contribution is 9.11. The molecule has 2 aromatic rings. The van der Waals surface area contributed by atoms with Crippen LogP contribution in [0.3, 0.4) is 0 Å². The highest BCUT2D eigenvalue weighted by Crippen LogP contribution is 2.29. The molecule has 3 nitrogen and oxygen atoms in total. The van der Waals surface area contributed by atoms with E-state index < -0.39 is 0 Å². The van der Waals surface area contributed by atoms with Crippen molar-refractivity contribution in [3.8, 4) is 0 Å². The second kappa shape index (κ2) is 6.12. The molecule has 0 amide bonds. The fourth-order valence-electron chi connectivity index (χ4n) is 1.66. The molecule has 18 heavy (non-hydrogen) atoms. The van der Waals surface area contributed by atoms with Crippen LogP contribution in [0.25, 0.3) is 0 Å². The van der Waals surface area contributed by atoms with E-state index in [2.05, 4.69) is 42.3 Å². The highest BCUT2D eigenvalue weighted by Gasteiger charge is 2.17. The smallest absolute Gasteiger partial charge is 0.0893 e. The van der Waals surface area contributed by atoms with Crippen molar-refractivity contribution in [1.29, 1.82) is 0 Å². The molecule has 0 bridgehead atoms. The molecule has 1 atom stereocenters. The van der Waals surface area contributed by atoms with Crippen LogP contribution in [-0.4, -0.2) is 4.98 Å². The fourth-order valence-corrected chi connectivity index (χ4v) is 3.07. The van der Waals surface area contributed by atoms with E-state index in [1.165, 1.54) is 0 Å². The van der Waals surface area contributed by atoms with Crippen LogP contribution >= 0.6 is 43.5 Å². The van der Waals surface area contributed by atoms with Gasteiger partial charge in [0.15, 0.2) is 0 Å². The summed E-state index contributed by atoms with van der Waals surface area (Å²) in [4.78, 5) is 4.38. The lowest BCUT2D eigenvalue weighted by molar-refractivity contribution is 0.618. The number of aromatic nitrogens is 1. The lowest BCUT2D eigenvalue weighted by atomic mass is 10.0. The van der Waals surface area contributed by atoms with Crippen molar-refractivity contribution in [2.75, 3.05) is 0 Å². The summed E-state index contributed by atoms with van der Waals surface area (Å²) >= 11 is 12.8. The molecule has 6 heteroatoms. The summed E-state index contributed by atoms with van der Waals surface area (Å²) in [7, 11) is 0.